The van der Waals surface area contributed by atoms with Crippen molar-refractivity contribution in [2.75, 3.05) is 6.54 Å². The average molecular weight is 301 g/mol. The van der Waals surface area contributed by atoms with Crippen LogP contribution in [0.15, 0.2) is 71.6 Å². The van der Waals surface area contributed by atoms with Crippen molar-refractivity contribution in [3.8, 4) is 0 Å². The molecule has 0 spiro atoms. The number of rotatable bonds is 6. The first kappa shape index (κ1) is 15.5. The van der Waals surface area contributed by atoms with E-state index in [1.54, 1.807) is 24.3 Å². The number of hydrogen-bond donors (Lipinski definition) is 1. The van der Waals surface area contributed by atoms with Gasteiger partial charge >= 0.3 is 0 Å². The Kier molecular flexibility index (Phi) is 5.31. The lowest BCUT2D eigenvalue weighted by atomic mass is 10.1. The van der Waals surface area contributed by atoms with Gasteiger partial charge in [-0.3, -0.25) is 0 Å². The maximum atomic E-state index is 12.0. The Hall–Kier alpha value is -1.91. The molecule has 0 heterocycles. The molecule has 0 aliphatic heterocycles. The van der Waals surface area contributed by atoms with Crippen molar-refractivity contribution in [2.24, 2.45) is 0 Å². The Balaban J connectivity index is 1.86. The molecule has 2 aromatic rings. The van der Waals surface area contributed by atoms with Crippen molar-refractivity contribution in [1.29, 1.82) is 0 Å². The normalized spacial score (nSPS) is 11.9. The first-order valence-corrected chi connectivity index (χ1v) is 8.31. The third-order valence-corrected chi connectivity index (χ3v) is 4.53. The molecule has 2 rings (SSSR count). The largest absolute Gasteiger partial charge is 0.240 e. The lowest BCUT2D eigenvalue weighted by Crippen LogP contribution is -2.23. The Labute approximate surface area is 126 Å². The van der Waals surface area contributed by atoms with Crippen LogP contribution in [0.5, 0.6) is 0 Å². The molecule has 0 aliphatic rings. The predicted molar refractivity (Wildman–Crippen MR) is 85.7 cm³/mol. The quantitative estimate of drug-likeness (QED) is 0.834. The Morgan fingerprint density at radius 3 is 2.29 bits per heavy atom. The fourth-order valence-electron chi connectivity index (χ4n) is 1.88. The van der Waals surface area contributed by atoms with Crippen LogP contribution in [0.1, 0.15) is 11.1 Å². The lowest BCUT2D eigenvalue weighted by Gasteiger charge is -2.04. The second-order valence-electron chi connectivity index (χ2n) is 4.83. The molecular weight excluding hydrogens is 282 g/mol. The molecule has 110 valence electrons. The Morgan fingerprint density at radius 2 is 1.62 bits per heavy atom. The first-order valence-electron chi connectivity index (χ1n) is 6.83. The van der Waals surface area contributed by atoms with Gasteiger partial charge in [-0.1, -0.05) is 60.2 Å². The van der Waals surface area contributed by atoms with E-state index in [4.69, 9.17) is 0 Å². The predicted octanol–water partition coefficient (Wildman–Crippen LogP) is 3.07. The van der Waals surface area contributed by atoms with Crippen molar-refractivity contribution >= 4 is 10.0 Å². The second-order valence-corrected chi connectivity index (χ2v) is 6.59. The van der Waals surface area contributed by atoms with Gasteiger partial charge in [0.05, 0.1) is 4.90 Å². The van der Waals surface area contributed by atoms with Crippen LogP contribution in [0.3, 0.4) is 0 Å². The molecule has 1 N–H and O–H groups in total. The van der Waals surface area contributed by atoms with Gasteiger partial charge < -0.3 is 0 Å². The summed E-state index contributed by atoms with van der Waals surface area (Å²) in [6.07, 6.45) is 4.60. The SMILES string of the molecule is Cc1ccc(S(=O)(=O)NC/C=C\Cc2ccccc2)cc1. The number of benzene rings is 2. The smallest absolute Gasteiger partial charge is 0.207 e. The summed E-state index contributed by atoms with van der Waals surface area (Å²) in [4.78, 5) is 0.296. The number of hydrogen-bond acceptors (Lipinski definition) is 2. The van der Waals surface area contributed by atoms with Crippen molar-refractivity contribution in [2.45, 2.75) is 18.2 Å². The third-order valence-electron chi connectivity index (χ3n) is 3.09. The van der Waals surface area contributed by atoms with Crippen LogP contribution in [-0.4, -0.2) is 15.0 Å². The van der Waals surface area contributed by atoms with E-state index in [1.807, 2.05) is 49.4 Å². The Bertz CT molecular complexity index is 689. The van der Waals surface area contributed by atoms with Gasteiger partial charge in [0.2, 0.25) is 10.0 Å². The molecule has 0 atom stereocenters. The summed E-state index contributed by atoms with van der Waals surface area (Å²) in [5.74, 6) is 0. The van der Waals surface area contributed by atoms with E-state index in [1.165, 1.54) is 5.56 Å². The molecule has 0 amide bonds. The van der Waals surface area contributed by atoms with Crippen LogP contribution < -0.4 is 4.72 Å². The molecule has 0 radical (unpaired) electrons. The van der Waals surface area contributed by atoms with Crippen molar-refractivity contribution in [3.05, 3.63) is 77.9 Å². The van der Waals surface area contributed by atoms with Crippen LogP contribution in [-0.2, 0) is 16.4 Å². The summed E-state index contributed by atoms with van der Waals surface area (Å²) in [5.41, 5.74) is 2.24. The molecule has 0 aromatic heterocycles. The van der Waals surface area contributed by atoms with Gasteiger partial charge in [-0.25, -0.2) is 13.1 Å². The number of aryl methyl sites for hydroxylation is 1. The fraction of sp³-hybridized carbons (Fsp3) is 0.176. The van der Waals surface area contributed by atoms with Crippen molar-refractivity contribution < 1.29 is 8.42 Å². The van der Waals surface area contributed by atoms with Gasteiger partial charge in [-0.15, -0.1) is 0 Å². The fourth-order valence-corrected chi connectivity index (χ4v) is 2.85. The molecular formula is C17H19NO2S. The zero-order valence-electron chi connectivity index (χ0n) is 12.0. The molecule has 0 bridgehead atoms. The molecule has 4 heteroatoms. The summed E-state index contributed by atoms with van der Waals surface area (Å²) in [6, 6.07) is 16.9. The highest BCUT2D eigenvalue weighted by molar-refractivity contribution is 7.89. The molecule has 0 fully saturated rings. The standard InChI is InChI=1S/C17H19NO2S/c1-15-10-12-17(13-11-15)21(19,20)18-14-6-5-9-16-7-3-2-4-8-16/h2-8,10-13,18H,9,14H2,1H3/b6-5-. The van der Waals surface area contributed by atoms with E-state index in [0.717, 1.165) is 12.0 Å². The maximum absolute atomic E-state index is 12.0. The molecule has 0 saturated heterocycles. The highest BCUT2D eigenvalue weighted by Gasteiger charge is 2.11. The first-order chi connectivity index (χ1) is 10.1. The van der Waals surface area contributed by atoms with Crippen LogP contribution in [0.4, 0.5) is 0 Å². The van der Waals surface area contributed by atoms with Gasteiger partial charge in [-0.05, 0) is 31.0 Å². The van der Waals surface area contributed by atoms with Gasteiger partial charge in [0.1, 0.15) is 0 Å². The summed E-state index contributed by atoms with van der Waals surface area (Å²) < 4.78 is 26.6. The zero-order chi connectivity index (χ0) is 15.1. The van der Waals surface area contributed by atoms with Gasteiger partial charge in [0.25, 0.3) is 0 Å². The molecule has 21 heavy (non-hydrogen) atoms. The monoisotopic (exact) mass is 301 g/mol. The van der Waals surface area contributed by atoms with Crippen LogP contribution in [0.25, 0.3) is 0 Å². The van der Waals surface area contributed by atoms with Crippen molar-refractivity contribution in [3.63, 3.8) is 0 Å². The molecule has 3 nitrogen and oxygen atoms in total. The summed E-state index contributed by atoms with van der Waals surface area (Å²) in [5, 5.41) is 0. The molecule has 0 aliphatic carbocycles. The molecule has 0 saturated carbocycles. The van der Waals surface area contributed by atoms with Crippen LogP contribution in [0, 0.1) is 6.92 Å². The zero-order valence-corrected chi connectivity index (χ0v) is 12.8. The van der Waals surface area contributed by atoms with Gasteiger partial charge in [0.15, 0.2) is 0 Å². The lowest BCUT2D eigenvalue weighted by molar-refractivity contribution is 0.585. The Morgan fingerprint density at radius 1 is 0.952 bits per heavy atom. The molecule has 2 aromatic carbocycles. The van der Waals surface area contributed by atoms with E-state index in [0.29, 0.717) is 11.4 Å². The third kappa shape index (κ3) is 4.85. The minimum absolute atomic E-state index is 0.295. The molecule has 0 unspecified atom stereocenters. The van der Waals surface area contributed by atoms with Crippen LogP contribution >= 0.6 is 0 Å². The van der Waals surface area contributed by atoms with E-state index in [2.05, 4.69) is 4.72 Å². The minimum atomic E-state index is -3.42. The highest BCUT2D eigenvalue weighted by atomic mass is 32.2. The second kappa shape index (κ2) is 7.20. The van der Waals surface area contributed by atoms with Crippen molar-refractivity contribution in [1.82, 2.24) is 4.72 Å². The highest BCUT2D eigenvalue weighted by Crippen LogP contribution is 2.09. The summed E-state index contributed by atoms with van der Waals surface area (Å²) >= 11 is 0. The minimum Gasteiger partial charge on any atom is -0.207 e. The summed E-state index contributed by atoms with van der Waals surface area (Å²) in [7, 11) is -3.42. The van der Waals surface area contributed by atoms with E-state index in [9.17, 15) is 8.42 Å². The van der Waals surface area contributed by atoms with E-state index < -0.39 is 10.0 Å². The van der Waals surface area contributed by atoms with E-state index >= 15 is 0 Å². The summed E-state index contributed by atoms with van der Waals surface area (Å²) in [6.45, 7) is 2.22. The number of sulfonamides is 1. The maximum Gasteiger partial charge on any atom is 0.240 e. The van der Waals surface area contributed by atoms with E-state index in [-0.39, 0.29) is 0 Å². The van der Waals surface area contributed by atoms with Gasteiger partial charge in [0, 0.05) is 6.54 Å². The van der Waals surface area contributed by atoms with Crippen LogP contribution in [0.2, 0.25) is 0 Å². The van der Waals surface area contributed by atoms with Gasteiger partial charge in [-0.2, -0.15) is 0 Å². The topological polar surface area (TPSA) is 46.2 Å². The number of allylic oxidation sites excluding steroid dienone is 1. The number of nitrogens with one attached hydrogen (secondary N) is 1. The average Bonchev–Trinajstić information content (AvgIpc) is 2.48.